The summed E-state index contributed by atoms with van der Waals surface area (Å²) < 4.78 is 5.90. The molecule has 1 aromatic carbocycles. The molecule has 2 atom stereocenters. The third-order valence-corrected chi connectivity index (χ3v) is 4.35. The molecule has 3 nitrogen and oxygen atoms in total. The Kier molecular flexibility index (Phi) is 3.64. The van der Waals surface area contributed by atoms with E-state index >= 15 is 0 Å². The summed E-state index contributed by atoms with van der Waals surface area (Å²) in [6, 6.07) is 8.40. The van der Waals surface area contributed by atoms with Crippen LogP contribution in [0.15, 0.2) is 29.6 Å². The van der Waals surface area contributed by atoms with E-state index in [0.717, 1.165) is 30.2 Å². The molecular weight excluding hydrogens is 256 g/mol. The summed E-state index contributed by atoms with van der Waals surface area (Å²) in [5.41, 5.74) is 10.0. The van der Waals surface area contributed by atoms with Crippen molar-refractivity contribution in [2.75, 3.05) is 6.61 Å². The monoisotopic (exact) mass is 274 g/mol. The fraction of sp³-hybridized carbons (Fsp3) is 0.400. The van der Waals surface area contributed by atoms with Gasteiger partial charge in [0.25, 0.3) is 0 Å². The number of nitrogens with zero attached hydrogens (tertiary/aromatic N) is 1. The van der Waals surface area contributed by atoms with E-state index in [4.69, 9.17) is 10.5 Å². The van der Waals surface area contributed by atoms with Crippen molar-refractivity contribution in [1.29, 1.82) is 0 Å². The molecule has 100 valence electrons. The minimum atomic E-state index is -0.0389. The molecule has 2 aromatic rings. The van der Waals surface area contributed by atoms with Crippen molar-refractivity contribution in [3.05, 3.63) is 51.5 Å². The lowest BCUT2D eigenvalue weighted by Crippen LogP contribution is -2.35. The zero-order valence-corrected chi connectivity index (χ0v) is 11.8. The number of thiazole rings is 1. The summed E-state index contributed by atoms with van der Waals surface area (Å²) in [6.45, 7) is 2.78. The highest BCUT2D eigenvalue weighted by Crippen LogP contribution is 2.30. The molecule has 2 N–H and O–H groups in total. The van der Waals surface area contributed by atoms with Gasteiger partial charge in [0, 0.05) is 17.8 Å². The summed E-state index contributed by atoms with van der Waals surface area (Å²) in [4.78, 5) is 4.48. The number of nitrogens with two attached hydrogens (primary N) is 1. The van der Waals surface area contributed by atoms with Gasteiger partial charge in [0.15, 0.2) is 0 Å². The van der Waals surface area contributed by atoms with E-state index in [1.165, 1.54) is 11.1 Å². The van der Waals surface area contributed by atoms with E-state index in [2.05, 4.69) is 34.6 Å². The van der Waals surface area contributed by atoms with Crippen molar-refractivity contribution < 1.29 is 4.74 Å². The zero-order chi connectivity index (χ0) is 13.2. The number of hydrogen-bond acceptors (Lipinski definition) is 4. The predicted molar refractivity (Wildman–Crippen MR) is 77.4 cm³/mol. The fourth-order valence-electron chi connectivity index (χ4n) is 2.63. The Balaban J connectivity index is 1.79. The average Bonchev–Trinajstić information content (AvgIpc) is 2.83. The van der Waals surface area contributed by atoms with Crippen LogP contribution in [-0.4, -0.2) is 17.6 Å². The van der Waals surface area contributed by atoms with Gasteiger partial charge in [0.05, 0.1) is 23.4 Å². The van der Waals surface area contributed by atoms with Crippen LogP contribution in [0, 0.1) is 6.92 Å². The number of fused-ring (bicyclic) bond motifs is 1. The molecule has 0 bridgehead atoms. The molecule has 0 amide bonds. The van der Waals surface area contributed by atoms with Gasteiger partial charge in [-0.1, -0.05) is 24.3 Å². The summed E-state index contributed by atoms with van der Waals surface area (Å²) >= 11 is 1.67. The van der Waals surface area contributed by atoms with Crippen LogP contribution in [0.1, 0.15) is 27.9 Å². The number of hydrogen-bond donors (Lipinski definition) is 1. The third kappa shape index (κ3) is 2.71. The van der Waals surface area contributed by atoms with E-state index in [9.17, 15) is 0 Å². The number of benzene rings is 1. The Labute approximate surface area is 117 Å². The van der Waals surface area contributed by atoms with Crippen molar-refractivity contribution in [2.24, 2.45) is 5.73 Å². The van der Waals surface area contributed by atoms with Gasteiger partial charge in [-0.05, 0) is 24.5 Å². The van der Waals surface area contributed by atoms with Gasteiger partial charge in [0.1, 0.15) is 0 Å². The normalized spacial score (nSPS) is 20.0. The lowest BCUT2D eigenvalue weighted by atomic mass is 9.92. The first-order chi connectivity index (χ1) is 9.24. The molecule has 1 aromatic heterocycles. The van der Waals surface area contributed by atoms with Crippen molar-refractivity contribution in [3.63, 3.8) is 0 Å². The Hall–Kier alpha value is -1.23. The first-order valence-corrected chi connectivity index (χ1v) is 7.48. The second kappa shape index (κ2) is 5.41. The molecule has 0 radical (unpaired) electrons. The lowest BCUT2D eigenvalue weighted by molar-refractivity contribution is 0.0244. The Morgan fingerprint density at radius 2 is 2.32 bits per heavy atom. The maximum Gasteiger partial charge on any atom is 0.0982 e. The molecule has 4 heteroatoms. The Bertz CT molecular complexity index is 567. The Morgan fingerprint density at radius 1 is 1.47 bits per heavy atom. The quantitative estimate of drug-likeness (QED) is 0.936. The van der Waals surface area contributed by atoms with Crippen molar-refractivity contribution in [3.8, 4) is 0 Å². The second-order valence-electron chi connectivity index (χ2n) is 4.97. The van der Waals surface area contributed by atoms with Gasteiger partial charge in [-0.3, -0.25) is 0 Å². The first-order valence-electron chi connectivity index (χ1n) is 6.60. The van der Waals surface area contributed by atoms with Gasteiger partial charge >= 0.3 is 0 Å². The number of rotatable bonds is 3. The van der Waals surface area contributed by atoms with Crippen LogP contribution < -0.4 is 5.73 Å². The highest BCUT2D eigenvalue weighted by Gasteiger charge is 2.26. The molecule has 0 saturated heterocycles. The maximum absolute atomic E-state index is 6.34. The topological polar surface area (TPSA) is 48.1 Å². The van der Waals surface area contributed by atoms with Crippen molar-refractivity contribution in [1.82, 2.24) is 4.98 Å². The molecule has 2 heterocycles. The SMILES string of the molecule is Cc1nc(CC(N)C2OCCc3ccccc32)cs1. The van der Waals surface area contributed by atoms with Crippen LogP contribution in [0.4, 0.5) is 0 Å². The van der Waals surface area contributed by atoms with Crippen LogP contribution in [0.2, 0.25) is 0 Å². The number of aromatic nitrogens is 1. The second-order valence-corrected chi connectivity index (χ2v) is 6.03. The molecule has 0 fully saturated rings. The largest absolute Gasteiger partial charge is 0.372 e. The van der Waals surface area contributed by atoms with E-state index < -0.39 is 0 Å². The summed E-state index contributed by atoms with van der Waals surface area (Å²) in [5, 5.41) is 3.18. The van der Waals surface area contributed by atoms with Gasteiger partial charge in [0.2, 0.25) is 0 Å². The minimum absolute atomic E-state index is 0.00745. The number of aryl methyl sites for hydroxylation is 1. The summed E-state index contributed by atoms with van der Waals surface area (Å²) in [6.07, 6.45) is 1.74. The molecule has 2 unspecified atom stereocenters. The van der Waals surface area contributed by atoms with Crippen LogP contribution in [0.3, 0.4) is 0 Å². The third-order valence-electron chi connectivity index (χ3n) is 3.53. The molecule has 0 aliphatic carbocycles. The van der Waals surface area contributed by atoms with Gasteiger partial charge in [-0.2, -0.15) is 0 Å². The van der Waals surface area contributed by atoms with E-state index in [1.807, 2.05) is 6.92 Å². The van der Waals surface area contributed by atoms with Crippen LogP contribution in [0.25, 0.3) is 0 Å². The molecule has 0 saturated carbocycles. The van der Waals surface area contributed by atoms with E-state index in [0.29, 0.717) is 0 Å². The zero-order valence-electron chi connectivity index (χ0n) is 11.0. The van der Waals surface area contributed by atoms with Crippen LogP contribution >= 0.6 is 11.3 Å². The lowest BCUT2D eigenvalue weighted by Gasteiger charge is -2.30. The smallest absolute Gasteiger partial charge is 0.0982 e. The minimum Gasteiger partial charge on any atom is -0.372 e. The van der Waals surface area contributed by atoms with Crippen molar-refractivity contribution >= 4 is 11.3 Å². The van der Waals surface area contributed by atoms with Gasteiger partial charge in [-0.15, -0.1) is 11.3 Å². The highest BCUT2D eigenvalue weighted by molar-refractivity contribution is 7.09. The molecule has 19 heavy (non-hydrogen) atoms. The molecule has 1 aliphatic rings. The number of ether oxygens (including phenoxy) is 1. The average molecular weight is 274 g/mol. The molecule has 0 spiro atoms. The van der Waals surface area contributed by atoms with Crippen molar-refractivity contribution in [2.45, 2.75) is 31.9 Å². The Morgan fingerprint density at radius 3 is 3.11 bits per heavy atom. The maximum atomic E-state index is 6.34. The van der Waals surface area contributed by atoms with Gasteiger partial charge < -0.3 is 10.5 Å². The summed E-state index contributed by atoms with van der Waals surface area (Å²) in [7, 11) is 0. The first kappa shape index (κ1) is 12.8. The highest BCUT2D eigenvalue weighted by atomic mass is 32.1. The molecule has 3 rings (SSSR count). The molecular formula is C15H18N2OS. The molecule has 1 aliphatic heterocycles. The van der Waals surface area contributed by atoms with E-state index in [1.54, 1.807) is 11.3 Å². The van der Waals surface area contributed by atoms with Gasteiger partial charge in [-0.25, -0.2) is 4.98 Å². The summed E-state index contributed by atoms with van der Waals surface area (Å²) in [5.74, 6) is 0. The van der Waals surface area contributed by atoms with E-state index in [-0.39, 0.29) is 12.1 Å². The van der Waals surface area contributed by atoms with Crippen LogP contribution in [-0.2, 0) is 17.6 Å². The predicted octanol–water partition coefficient (Wildman–Crippen LogP) is 2.64. The fourth-order valence-corrected chi connectivity index (χ4v) is 3.26. The van der Waals surface area contributed by atoms with Crippen LogP contribution in [0.5, 0.6) is 0 Å². The standard InChI is InChI=1S/C15H18N2OS/c1-10-17-12(9-19-10)8-14(16)15-13-5-3-2-4-11(13)6-7-18-15/h2-5,9,14-15H,6-8,16H2,1H3.